The van der Waals surface area contributed by atoms with Crippen molar-refractivity contribution in [3.8, 4) is 0 Å². The number of ether oxygens (including phenoxy) is 1. The Morgan fingerprint density at radius 2 is 1.95 bits per heavy atom. The van der Waals surface area contributed by atoms with Gasteiger partial charge in [-0.15, -0.1) is 0 Å². The van der Waals surface area contributed by atoms with Gasteiger partial charge in [0.1, 0.15) is 12.2 Å². The van der Waals surface area contributed by atoms with Crippen molar-refractivity contribution in [2.24, 2.45) is 0 Å². The highest BCUT2D eigenvalue weighted by Crippen LogP contribution is 2.29. The van der Waals surface area contributed by atoms with E-state index in [9.17, 15) is 4.79 Å². The van der Waals surface area contributed by atoms with Crippen LogP contribution in [0.5, 0.6) is 0 Å². The fourth-order valence-electron chi connectivity index (χ4n) is 2.60. The molecule has 0 spiro atoms. The van der Waals surface area contributed by atoms with E-state index in [1.165, 1.54) is 6.92 Å². The van der Waals surface area contributed by atoms with Gasteiger partial charge in [0.15, 0.2) is 0 Å². The molecular formula is C12H22B2O6. The van der Waals surface area contributed by atoms with Crippen LogP contribution in [0.25, 0.3) is 0 Å². The number of esters is 1. The second-order valence-electron chi connectivity index (χ2n) is 5.20. The maximum atomic E-state index is 11.1. The normalized spacial score (nSPS) is 31.7. The van der Waals surface area contributed by atoms with E-state index in [1.807, 2.05) is 20.8 Å². The zero-order chi connectivity index (χ0) is 14.7. The molecular weight excluding hydrogens is 262 g/mol. The van der Waals surface area contributed by atoms with Crippen LogP contribution in [-0.4, -0.2) is 51.2 Å². The summed E-state index contributed by atoms with van der Waals surface area (Å²) in [5.74, 6) is -0.324. The maximum absolute atomic E-state index is 11.1. The lowest BCUT2D eigenvalue weighted by Gasteiger charge is -2.27. The Labute approximate surface area is 120 Å². The van der Waals surface area contributed by atoms with Gasteiger partial charge in [-0.05, 0) is 19.6 Å². The lowest BCUT2D eigenvalue weighted by molar-refractivity contribution is -0.151. The Bertz CT molecular complexity index is 342. The molecule has 0 bridgehead atoms. The number of carbonyl (C=O) groups is 1. The van der Waals surface area contributed by atoms with Crippen molar-refractivity contribution in [2.75, 3.05) is 6.61 Å². The second-order valence-corrected chi connectivity index (χ2v) is 5.20. The molecule has 0 aromatic heterocycles. The molecule has 2 heterocycles. The first-order valence-corrected chi connectivity index (χ1v) is 7.30. The minimum absolute atomic E-state index is 0.181. The van der Waals surface area contributed by atoms with E-state index in [0.29, 0.717) is 6.61 Å². The fraction of sp³-hybridized carbons (Fsp3) is 0.917. The molecule has 8 heteroatoms. The van der Waals surface area contributed by atoms with Crippen molar-refractivity contribution in [1.29, 1.82) is 0 Å². The van der Waals surface area contributed by atoms with Crippen LogP contribution in [0.3, 0.4) is 0 Å². The molecule has 0 aromatic carbocycles. The van der Waals surface area contributed by atoms with Gasteiger partial charge in [0, 0.05) is 6.92 Å². The Morgan fingerprint density at radius 3 is 2.50 bits per heavy atom. The lowest BCUT2D eigenvalue weighted by atomic mass is 9.86. The molecule has 0 radical (unpaired) electrons. The third kappa shape index (κ3) is 3.55. The van der Waals surface area contributed by atoms with Crippen LogP contribution in [0, 0.1) is 0 Å². The van der Waals surface area contributed by atoms with Gasteiger partial charge in [0.05, 0.1) is 18.8 Å². The predicted octanol–water partition coefficient (Wildman–Crippen LogP) is 1.15. The molecule has 112 valence electrons. The summed E-state index contributed by atoms with van der Waals surface area (Å²) in [5.41, 5.74) is 0. The molecule has 2 rings (SSSR count). The molecule has 0 amide bonds. The zero-order valence-electron chi connectivity index (χ0n) is 12.5. The summed E-state index contributed by atoms with van der Waals surface area (Å²) < 4.78 is 28.3. The van der Waals surface area contributed by atoms with Crippen molar-refractivity contribution >= 4 is 20.2 Å². The van der Waals surface area contributed by atoms with Crippen molar-refractivity contribution in [3.63, 3.8) is 0 Å². The monoisotopic (exact) mass is 284 g/mol. The average Bonchev–Trinajstić information content (AvgIpc) is 3.03. The van der Waals surface area contributed by atoms with Gasteiger partial charge in [-0.2, -0.15) is 0 Å². The fourth-order valence-corrected chi connectivity index (χ4v) is 2.60. The Morgan fingerprint density at radius 1 is 1.25 bits per heavy atom. The van der Waals surface area contributed by atoms with Crippen LogP contribution >= 0.6 is 0 Å². The van der Waals surface area contributed by atoms with E-state index in [0.717, 1.165) is 12.6 Å². The van der Waals surface area contributed by atoms with E-state index in [1.54, 1.807) is 0 Å². The van der Waals surface area contributed by atoms with Crippen LogP contribution in [0.15, 0.2) is 0 Å². The number of rotatable bonds is 5. The molecule has 6 nitrogen and oxygen atoms in total. The largest absolute Gasteiger partial charge is 0.460 e. The summed E-state index contributed by atoms with van der Waals surface area (Å²) in [6, 6.07) is 0. The van der Waals surface area contributed by atoms with Crippen molar-refractivity contribution < 1.29 is 28.1 Å². The van der Waals surface area contributed by atoms with Gasteiger partial charge < -0.3 is 23.4 Å². The highest BCUT2D eigenvalue weighted by Gasteiger charge is 2.49. The summed E-state index contributed by atoms with van der Waals surface area (Å²) in [6.45, 7) is 7.68. The van der Waals surface area contributed by atoms with Crippen molar-refractivity contribution in [1.82, 2.24) is 0 Å². The highest BCUT2D eigenvalue weighted by atomic mass is 16.7. The SMILES string of the molecule is CCB1O[C@@H]([C@H](C)OC(C)=O)[C@H]([C@@H]2COB(CC)O2)O1. The lowest BCUT2D eigenvalue weighted by Crippen LogP contribution is -2.44. The minimum atomic E-state index is -0.377. The van der Waals surface area contributed by atoms with Crippen LogP contribution in [0.1, 0.15) is 27.7 Å². The molecule has 0 N–H and O–H groups in total. The van der Waals surface area contributed by atoms with Crippen LogP contribution in [0.4, 0.5) is 0 Å². The molecule has 20 heavy (non-hydrogen) atoms. The van der Waals surface area contributed by atoms with Crippen molar-refractivity contribution in [3.05, 3.63) is 0 Å². The van der Waals surface area contributed by atoms with Gasteiger partial charge >= 0.3 is 20.2 Å². The summed E-state index contributed by atoms with van der Waals surface area (Å²) in [5, 5.41) is 0. The third-order valence-electron chi connectivity index (χ3n) is 3.56. The molecule has 2 aliphatic rings. The Kier molecular flexibility index (Phi) is 5.49. The summed E-state index contributed by atoms with van der Waals surface area (Å²) >= 11 is 0. The van der Waals surface area contributed by atoms with Crippen LogP contribution in [0.2, 0.25) is 12.6 Å². The number of hydrogen-bond donors (Lipinski definition) is 0. The van der Waals surface area contributed by atoms with E-state index in [2.05, 4.69) is 0 Å². The molecule has 0 aromatic rings. The molecule has 2 fully saturated rings. The summed E-state index contributed by atoms with van der Waals surface area (Å²) in [6.07, 6.45) is 0.382. The molecule has 0 unspecified atom stereocenters. The van der Waals surface area contributed by atoms with Crippen LogP contribution < -0.4 is 0 Å². The van der Waals surface area contributed by atoms with E-state index in [-0.39, 0.29) is 44.6 Å². The first-order chi connectivity index (χ1) is 9.55. The van der Waals surface area contributed by atoms with Gasteiger partial charge in [-0.1, -0.05) is 13.8 Å². The van der Waals surface area contributed by atoms with Crippen molar-refractivity contribution in [2.45, 2.75) is 64.8 Å². The van der Waals surface area contributed by atoms with Gasteiger partial charge in [0.25, 0.3) is 0 Å². The Hall–Kier alpha value is -0.560. The third-order valence-corrected chi connectivity index (χ3v) is 3.56. The van der Waals surface area contributed by atoms with E-state index < -0.39 is 0 Å². The topological polar surface area (TPSA) is 63.2 Å². The molecule has 2 aliphatic heterocycles. The number of hydrogen-bond acceptors (Lipinski definition) is 6. The average molecular weight is 284 g/mol. The summed E-state index contributed by atoms with van der Waals surface area (Å²) in [4.78, 5) is 11.1. The molecule has 2 saturated heterocycles. The maximum Gasteiger partial charge on any atom is 0.457 e. The minimum Gasteiger partial charge on any atom is -0.460 e. The Balaban J connectivity index is 2.02. The number of carbonyl (C=O) groups excluding carboxylic acids is 1. The highest BCUT2D eigenvalue weighted by molar-refractivity contribution is 6.45. The summed E-state index contributed by atoms with van der Waals surface area (Å²) in [7, 11) is -0.471. The molecule has 0 saturated carbocycles. The first kappa shape index (κ1) is 15.8. The van der Waals surface area contributed by atoms with E-state index >= 15 is 0 Å². The van der Waals surface area contributed by atoms with Crippen LogP contribution in [-0.2, 0) is 28.1 Å². The van der Waals surface area contributed by atoms with Gasteiger partial charge in [-0.3, -0.25) is 4.79 Å². The quantitative estimate of drug-likeness (QED) is 0.557. The second kappa shape index (κ2) is 6.93. The standard InChI is InChI=1S/C12H22B2O6/c1-5-13-16-7-10(18-13)12-11(8(3)17-9(4)15)19-14(6-2)20-12/h8,10-12H,5-7H2,1-4H3/t8-,10-,11-,12-/m0/s1. The molecule has 0 aliphatic carbocycles. The zero-order valence-corrected chi connectivity index (χ0v) is 12.5. The predicted molar refractivity (Wildman–Crippen MR) is 74.3 cm³/mol. The first-order valence-electron chi connectivity index (χ1n) is 7.30. The van der Waals surface area contributed by atoms with Gasteiger partial charge in [-0.25, -0.2) is 0 Å². The van der Waals surface area contributed by atoms with Gasteiger partial charge in [0.2, 0.25) is 0 Å². The smallest absolute Gasteiger partial charge is 0.457 e. The molecule has 4 atom stereocenters. The van der Waals surface area contributed by atoms with E-state index in [4.69, 9.17) is 23.4 Å².